The third kappa shape index (κ3) is 2.07. The van der Waals surface area contributed by atoms with E-state index in [9.17, 15) is 4.39 Å². The van der Waals surface area contributed by atoms with E-state index < -0.39 is 0 Å². The van der Waals surface area contributed by atoms with Gasteiger partial charge in [0, 0.05) is 5.02 Å². The highest BCUT2D eigenvalue weighted by molar-refractivity contribution is 9.10. The molecule has 102 valence electrons. The standard InChI is InChI=1S/C14H10BrClFN3/c1-7-4-10(17)9(15)6-12(7)20-13-5-8(16)2-3-11(13)19-14(20)18/h2-6H,1H3,(H2,18,19). The van der Waals surface area contributed by atoms with Crippen LogP contribution in [0.1, 0.15) is 5.56 Å². The summed E-state index contributed by atoms with van der Waals surface area (Å²) in [6.07, 6.45) is 0. The maximum Gasteiger partial charge on any atom is 0.205 e. The van der Waals surface area contributed by atoms with Crippen molar-refractivity contribution in [2.45, 2.75) is 6.92 Å². The molecule has 0 spiro atoms. The van der Waals surface area contributed by atoms with E-state index in [0.29, 0.717) is 15.4 Å². The molecule has 0 unspecified atom stereocenters. The summed E-state index contributed by atoms with van der Waals surface area (Å²) in [5.41, 5.74) is 9.05. The van der Waals surface area contributed by atoms with Crippen LogP contribution in [0.3, 0.4) is 0 Å². The van der Waals surface area contributed by atoms with Crippen molar-refractivity contribution >= 4 is 44.5 Å². The average molecular weight is 355 g/mol. The number of nitrogens with two attached hydrogens (primary N) is 1. The Kier molecular flexibility index (Phi) is 3.18. The van der Waals surface area contributed by atoms with E-state index in [0.717, 1.165) is 22.3 Å². The molecule has 0 aliphatic heterocycles. The van der Waals surface area contributed by atoms with Crippen molar-refractivity contribution in [1.29, 1.82) is 0 Å². The van der Waals surface area contributed by atoms with Crippen LogP contribution in [0.5, 0.6) is 0 Å². The predicted octanol–water partition coefficient (Wildman–Crippen LogP) is 4.47. The Morgan fingerprint density at radius 2 is 2.05 bits per heavy atom. The lowest BCUT2D eigenvalue weighted by Crippen LogP contribution is -2.03. The molecule has 0 atom stereocenters. The Bertz CT molecular complexity index is 829. The zero-order chi connectivity index (χ0) is 14.4. The maximum absolute atomic E-state index is 13.6. The third-order valence-electron chi connectivity index (χ3n) is 3.12. The van der Waals surface area contributed by atoms with Crippen LogP contribution in [0, 0.1) is 12.7 Å². The maximum atomic E-state index is 13.6. The highest BCUT2D eigenvalue weighted by Crippen LogP contribution is 2.30. The van der Waals surface area contributed by atoms with Gasteiger partial charge in [-0.2, -0.15) is 0 Å². The molecule has 0 fully saturated rings. The number of aryl methyl sites for hydroxylation is 1. The van der Waals surface area contributed by atoms with Gasteiger partial charge >= 0.3 is 0 Å². The van der Waals surface area contributed by atoms with Crippen molar-refractivity contribution in [3.05, 3.63) is 51.2 Å². The molecule has 0 bridgehead atoms. The number of fused-ring (bicyclic) bond motifs is 1. The molecule has 2 N–H and O–H groups in total. The topological polar surface area (TPSA) is 43.8 Å². The van der Waals surface area contributed by atoms with E-state index in [2.05, 4.69) is 20.9 Å². The Morgan fingerprint density at radius 3 is 2.80 bits per heavy atom. The third-order valence-corrected chi connectivity index (χ3v) is 3.97. The van der Waals surface area contributed by atoms with Crippen molar-refractivity contribution in [3.8, 4) is 5.69 Å². The quantitative estimate of drug-likeness (QED) is 0.700. The Labute approximate surface area is 128 Å². The largest absolute Gasteiger partial charge is 0.369 e. The normalized spacial score (nSPS) is 11.2. The van der Waals surface area contributed by atoms with Crippen molar-refractivity contribution < 1.29 is 4.39 Å². The van der Waals surface area contributed by atoms with Gasteiger partial charge in [-0.1, -0.05) is 11.6 Å². The van der Waals surface area contributed by atoms with E-state index in [1.165, 1.54) is 6.07 Å². The molecule has 0 aliphatic carbocycles. The number of hydrogen-bond donors (Lipinski definition) is 1. The number of hydrogen-bond acceptors (Lipinski definition) is 2. The molecular weight excluding hydrogens is 345 g/mol. The summed E-state index contributed by atoms with van der Waals surface area (Å²) in [4.78, 5) is 4.30. The van der Waals surface area contributed by atoms with Crippen LogP contribution in [-0.2, 0) is 0 Å². The minimum Gasteiger partial charge on any atom is -0.369 e. The fourth-order valence-corrected chi connectivity index (χ4v) is 2.69. The molecule has 3 rings (SSSR count). The average Bonchev–Trinajstić information content (AvgIpc) is 2.69. The summed E-state index contributed by atoms with van der Waals surface area (Å²) < 4.78 is 15.7. The van der Waals surface area contributed by atoms with E-state index in [1.807, 2.05) is 6.92 Å². The first-order valence-electron chi connectivity index (χ1n) is 5.87. The van der Waals surface area contributed by atoms with Crippen LogP contribution in [0.4, 0.5) is 10.3 Å². The highest BCUT2D eigenvalue weighted by Gasteiger charge is 2.14. The lowest BCUT2D eigenvalue weighted by Gasteiger charge is -2.11. The second-order valence-corrected chi connectivity index (χ2v) is 5.78. The van der Waals surface area contributed by atoms with Gasteiger partial charge in [-0.05, 0) is 58.7 Å². The van der Waals surface area contributed by atoms with Gasteiger partial charge in [-0.3, -0.25) is 4.57 Å². The van der Waals surface area contributed by atoms with E-state index in [4.69, 9.17) is 17.3 Å². The number of imidazole rings is 1. The zero-order valence-electron chi connectivity index (χ0n) is 10.5. The molecule has 0 saturated carbocycles. The van der Waals surface area contributed by atoms with Gasteiger partial charge in [0.1, 0.15) is 5.82 Å². The van der Waals surface area contributed by atoms with Gasteiger partial charge < -0.3 is 5.73 Å². The van der Waals surface area contributed by atoms with Crippen LogP contribution < -0.4 is 5.73 Å². The molecule has 0 radical (unpaired) electrons. The molecule has 20 heavy (non-hydrogen) atoms. The molecule has 3 nitrogen and oxygen atoms in total. The number of halogens is 3. The lowest BCUT2D eigenvalue weighted by molar-refractivity contribution is 0.619. The molecule has 3 aromatic rings. The van der Waals surface area contributed by atoms with Crippen LogP contribution in [0.25, 0.3) is 16.7 Å². The molecule has 6 heteroatoms. The summed E-state index contributed by atoms with van der Waals surface area (Å²) >= 11 is 9.23. The fraction of sp³-hybridized carbons (Fsp3) is 0.0714. The van der Waals surface area contributed by atoms with Crippen LogP contribution in [-0.4, -0.2) is 9.55 Å². The van der Waals surface area contributed by atoms with Crippen LogP contribution in [0.15, 0.2) is 34.8 Å². The van der Waals surface area contributed by atoms with E-state index in [-0.39, 0.29) is 5.82 Å². The van der Waals surface area contributed by atoms with Gasteiger partial charge in [0.25, 0.3) is 0 Å². The van der Waals surface area contributed by atoms with Gasteiger partial charge in [-0.15, -0.1) is 0 Å². The molecule has 0 aliphatic rings. The van der Waals surface area contributed by atoms with Crippen LogP contribution in [0.2, 0.25) is 5.02 Å². The second kappa shape index (κ2) is 4.75. The lowest BCUT2D eigenvalue weighted by atomic mass is 10.2. The summed E-state index contributed by atoms with van der Waals surface area (Å²) in [6.45, 7) is 1.82. The Morgan fingerprint density at radius 1 is 1.30 bits per heavy atom. The molecular formula is C14H10BrClFN3. The number of benzene rings is 2. The SMILES string of the molecule is Cc1cc(F)c(Br)cc1-n1c(N)nc2ccc(Cl)cc21. The number of anilines is 1. The molecule has 1 aromatic heterocycles. The van der Waals surface area contributed by atoms with Crippen molar-refractivity contribution in [3.63, 3.8) is 0 Å². The summed E-state index contributed by atoms with van der Waals surface area (Å²) in [7, 11) is 0. The number of aromatic nitrogens is 2. The monoisotopic (exact) mass is 353 g/mol. The zero-order valence-corrected chi connectivity index (χ0v) is 12.8. The minimum absolute atomic E-state index is 0.313. The number of nitrogen functional groups attached to an aromatic ring is 1. The Balaban J connectivity index is 2.37. The molecule has 0 amide bonds. The van der Waals surface area contributed by atoms with Gasteiger partial charge in [-0.25, -0.2) is 9.37 Å². The first-order valence-corrected chi connectivity index (χ1v) is 7.04. The molecule has 1 heterocycles. The minimum atomic E-state index is -0.313. The van der Waals surface area contributed by atoms with E-state index in [1.54, 1.807) is 28.8 Å². The highest BCUT2D eigenvalue weighted by atomic mass is 79.9. The molecule has 0 saturated heterocycles. The summed E-state index contributed by atoms with van der Waals surface area (Å²) in [5, 5.41) is 0.595. The van der Waals surface area contributed by atoms with Crippen molar-refractivity contribution in [2.24, 2.45) is 0 Å². The van der Waals surface area contributed by atoms with Gasteiger partial charge in [0.2, 0.25) is 5.95 Å². The summed E-state index contributed by atoms with van der Waals surface area (Å²) in [6, 6.07) is 8.49. The van der Waals surface area contributed by atoms with Crippen LogP contribution >= 0.6 is 27.5 Å². The number of nitrogens with zero attached hydrogens (tertiary/aromatic N) is 2. The Hall–Kier alpha value is -1.59. The fourth-order valence-electron chi connectivity index (χ4n) is 2.20. The first kappa shape index (κ1) is 13.4. The van der Waals surface area contributed by atoms with Crippen molar-refractivity contribution in [1.82, 2.24) is 9.55 Å². The van der Waals surface area contributed by atoms with Crippen molar-refractivity contribution in [2.75, 3.05) is 5.73 Å². The summed E-state index contributed by atoms with van der Waals surface area (Å²) in [5.74, 6) is 0.0242. The van der Waals surface area contributed by atoms with Gasteiger partial charge in [0.05, 0.1) is 21.2 Å². The predicted molar refractivity (Wildman–Crippen MR) is 82.9 cm³/mol. The van der Waals surface area contributed by atoms with Gasteiger partial charge in [0.15, 0.2) is 0 Å². The number of rotatable bonds is 1. The molecule has 2 aromatic carbocycles. The van der Waals surface area contributed by atoms with E-state index >= 15 is 0 Å². The first-order chi connectivity index (χ1) is 9.47. The smallest absolute Gasteiger partial charge is 0.205 e. The second-order valence-electron chi connectivity index (χ2n) is 4.49.